The molecule has 1 amide bonds. The summed E-state index contributed by atoms with van der Waals surface area (Å²) in [6, 6.07) is -0.0908. The van der Waals surface area contributed by atoms with Gasteiger partial charge < -0.3 is 33.7 Å². The molecule has 18 heteroatoms. The third-order valence-electron chi connectivity index (χ3n) is 18.7. The van der Waals surface area contributed by atoms with Crippen LogP contribution in [0.15, 0.2) is 12.7 Å². The van der Waals surface area contributed by atoms with Gasteiger partial charge in [-0.25, -0.2) is 4.79 Å². The van der Waals surface area contributed by atoms with E-state index in [2.05, 4.69) is 18.8 Å². The molecule has 0 aromatic heterocycles. The summed E-state index contributed by atoms with van der Waals surface area (Å²) in [4.78, 5) is 116. The topological polar surface area (TPSA) is 238 Å². The molecule has 5 aliphatic rings. The second kappa shape index (κ2) is 39.3. The highest BCUT2D eigenvalue weighted by Gasteiger charge is 2.40. The van der Waals surface area contributed by atoms with Gasteiger partial charge in [-0.1, -0.05) is 106 Å². The first-order chi connectivity index (χ1) is 41.8. The molecule has 1 saturated heterocycles. The van der Waals surface area contributed by atoms with Gasteiger partial charge in [0, 0.05) is 54.2 Å². The zero-order chi connectivity index (χ0) is 70.6. The van der Waals surface area contributed by atoms with Crippen LogP contribution in [-0.4, -0.2) is 106 Å². The molecule has 0 spiro atoms. The van der Waals surface area contributed by atoms with E-state index >= 15 is 0 Å². The average Bonchev–Trinajstić information content (AvgIpc) is 2.04. The molecular formula is C73H127NO16S. The van der Waals surface area contributed by atoms with Crippen molar-refractivity contribution in [2.75, 3.05) is 6.61 Å². The number of ether oxygens (including phenoxy) is 6. The van der Waals surface area contributed by atoms with Gasteiger partial charge in [0.05, 0.1) is 34.2 Å². The third-order valence-corrected chi connectivity index (χ3v) is 20.0. The van der Waals surface area contributed by atoms with Gasteiger partial charge in [-0.2, -0.15) is 0 Å². The Kier molecular flexibility index (Phi) is 37.3. The van der Waals surface area contributed by atoms with Crippen molar-refractivity contribution in [2.45, 2.75) is 348 Å². The number of hydrogen-bond acceptors (Lipinski definition) is 17. The molecule has 526 valence electrons. The predicted octanol–water partition coefficient (Wildman–Crippen LogP) is 16.2. The van der Waals surface area contributed by atoms with Crippen LogP contribution in [0.4, 0.5) is 0 Å². The Morgan fingerprint density at radius 2 is 1.00 bits per heavy atom. The van der Waals surface area contributed by atoms with E-state index in [0.29, 0.717) is 51.6 Å². The normalized spacial score (nSPS) is 21.3. The molecule has 17 nitrogen and oxygen atoms in total. The summed E-state index contributed by atoms with van der Waals surface area (Å²) >= 11 is 1.37. The van der Waals surface area contributed by atoms with E-state index in [-0.39, 0.29) is 98.3 Å². The van der Waals surface area contributed by atoms with Gasteiger partial charge in [-0.15, -0.1) is 6.58 Å². The molecule has 4 saturated carbocycles. The van der Waals surface area contributed by atoms with Crippen LogP contribution in [0.2, 0.25) is 0 Å². The van der Waals surface area contributed by atoms with Crippen molar-refractivity contribution in [1.29, 1.82) is 0 Å². The van der Waals surface area contributed by atoms with E-state index in [1.165, 1.54) is 31.0 Å². The summed E-state index contributed by atoms with van der Waals surface area (Å²) in [7, 11) is 0. The van der Waals surface area contributed by atoms with Crippen molar-refractivity contribution in [3.63, 3.8) is 0 Å². The Labute approximate surface area is 554 Å². The molecule has 5 fully saturated rings. The van der Waals surface area contributed by atoms with Crippen LogP contribution >= 0.6 is 11.8 Å². The molecule has 6 unspecified atom stereocenters. The molecule has 6 atom stereocenters. The Hall–Kier alpha value is -4.61. The quantitative estimate of drug-likeness (QED) is 0.0677. The van der Waals surface area contributed by atoms with Crippen LogP contribution in [-0.2, 0) is 76.4 Å². The van der Waals surface area contributed by atoms with E-state index in [9.17, 15) is 47.9 Å². The highest BCUT2D eigenvalue weighted by molar-refractivity contribution is 8.14. The first-order valence-electron chi connectivity index (χ1n) is 34.2. The monoisotopic (exact) mass is 1310 g/mol. The second-order valence-electron chi connectivity index (χ2n) is 30.5. The summed E-state index contributed by atoms with van der Waals surface area (Å²) in [5.41, 5.74) is -2.97. The van der Waals surface area contributed by atoms with E-state index in [4.69, 9.17) is 28.4 Å². The summed E-state index contributed by atoms with van der Waals surface area (Å²) < 4.78 is 31.6. The molecular weight excluding hydrogens is 1180 g/mol. The molecule has 0 radical (unpaired) electrons. The fraction of sp³-hybridized carbons (Fsp3) is 0.836. The molecule has 0 bridgehead atoms. The van der Waals surface area contributed by atoms with E-state index in [1.807, 2.05) is 138 Å². The number of cyclic esters (lactones) is 1. The van der Waals surface area contributed by atoms with E-state index in [0.717, 1.165) is 83.5 Å². The summed E-state index contributed by atoms with van der Waals surface area (Å²) in [6.07, 6.45) is 19.8. The first-order valence-corrected chi connectivity index (χ1v) is 35.1. The number of nitrogens with one attached hydrogen (secondary N) is 1. The third kappa shape index (κ3) is 32.4. The predicted molar refractivity (Wildman–Crippen MR) is 362 cm³/mol. The lowest BCUT2D eigenvalue weighted by molar-refractivity contribution is -0.172. The molecule has 1 heterocycles. The number of amides is 1. The van der Waals surface area contributed by atoms with Crippen molar-refractivity contribution in [3.8, 4) is 0 Å². The number of Topliss-reactive ketones (excluding diaryl/α,β-unsaturated/α-hetero) is 2. The highest BCUT2D eigenvalue weighted by atomic mass is 32.2. The summed E-state index contributed by atoms with van der Waals surface area (Å²) in [6.45, 7) is 48.5. The van der Waals surface area contributed by atoms with Crippen LogP contribution in [0.5, 0.6) is 0 Å². The van der Waals surface area contributed by atoms with Gasteiger partial charge in [-0.05, 0) is 186 Å². The molecule has 0 aromatic rings. The standard InChI is InChI=1S/C17H31NO3.C13H24O2.C12H20O3.C11H18O3.C10H16O4.C10H18OS/c1-7-17(5,6)15(20)18-13-11-9-8-10-12(13)14(19)21-16(2,3)4;1-5-12(2,3)11(14)15-13(4)9-7-6-8-10-13;1-4-12(2,3)11(14)15-10-7-5-6-9(13)8-10;1-4-11(2,3)10(13)14-9-6-5-8(12)7-9;1-4-10(2,3)9(12)14-7-5-6-13-8(7)11;1-6-8(3)12-9(11)10(4,5)7-2/h12-13H,7-11H2,1-6H3,(H,18,20);5-10H2,1-4H3;10H,4-8H2,1-3H3;9H,4-7H2,1-3H3;7H,4-6H2,1-3H3;6,8H,1,7H2,2-5H3. The maximum Gasteiger partial charge on any atom is 0.347 e. The van der Waals surface area contributed by atoms with Crippen molar-refractivity contribution < 1.29 is 76.4 Å². The van der Waals surface area contributed by atoms with Crippen LogP contribution in [0.25, 0.3) is 0 Å². The molecule has 4 aliphatic carbocycles. The maximum absolute atomic E-state index is 12.4. The second-order valence-corrected chi connectivity index (χ2v) is 31.8. The van der Waals surface area contributed by atoms with E-state index < -0.39 is 39.3 Å². The minimum absolute atomic E-state index is 0.0328. The minimum Gasteiger partial charge on any atom is -0.463 e. The Morgan fingerprint density at radius 3 is 1.41 bits per heavy atom. The number of rotatable bonds is 20. The number of thioether (sulfide) groups is 1. The highest BCUT2D eigenvalue weighted by Crippen LogP contribution is 2.36. The SMILES string of the molecule is C=CC(C)SC(=O)C(C)(C)CC.CCC(C)(C)C(=O)NC1CCCCC1C(=O)OC(C)(C)C.CCC(C)(C)C(=O)OC1(C)CCCCC1.CCC(C)(C)C(=O)OC1CCC(=O)C1.CCC(C)(C)C(=O)OC1CCCC(=O)C1.CCC(C)(C)C(=O)OC1CCOC1=O. The van der Waals surface area contributed by atoms with E-state index in [1.54, 1.807) is 19.9 Å². The Balaban J connectivity index is 0.00000108. The number of carbonyl (C=O) groups is 10. The molecule has 5 rings (SSSR count). The first kappa shape index (κ1) is 86.4. The van der Waals surface area contributed by atoms with Gasteiger partial charge in [0.15, 0.2) is 5.12 Å². The molecule has 1 aliphatic heterocycles. The van der Waals surface area contributed by atoms with Crippen molar-refractivity contribution >= 4 is 70.2 Å². The van der Waals surface area contributed by atoms with Gasteiger partial charge in [0.25, 0.3) is 0 Å². The molecule has 91 heavy (non-hydrogen) atoms. The van der Waals surface area contributed by atoms with Gasteiger partial charge in [0.2, 0.25) is 12.0 Å². The molecule has 0 aromatic carbocycles. The van der Waals surface area contributed by atoms with Crippen LogP contribution in [0.1, 0.15) is 307 Å². The van der Waals surface area contributed by atoms with Crippen molar-refractivity contribution in [1.82, 2.24) is 5.32 Å². The Bertz CT molecular complexity index is 2350. The van der Waals surface area contributed by atoms with Crippen molar-refractivity contribution in [3.05, 3.63) is 12.7 Å². The lowest BCUT2D eigenvalue weighted by atomic mass is 9.82. The number of hydrogen-bond donors (Lipinski definition) is 1. The van der Waals surface area contributed by atoms with Crippen LogP contribution in [0.3, 0.4) is 0 Å². The van der Waals surface area contributed by atoms with Crippen molar-refractivity contribution in [2.24, 2.45) is 38.4 Å². The Morgan fingerprint density at radius 1 is 0.560 bits per heavy atom. The minimum atomic E-state index is -0.687. The summed E-state index contributed by atoms with van der Waals surface area (Å²) in [5.74, 6) is -1.08. The van der Waals surface area contributed by atoms with Crippen LogP contribution in [0, 0.1) is 38.4 Å². The van der Waals surface area contributed by atoms with Gasteiger partial charge in [-0.3, -0.25) is 43.2 Å². The fourth-order valence-corrected chi connectivity index (χ4v) is 9.71. The molecule has 1 N–H and O–H groups in total. The zero-order valence-corrected chi connectivity index (χ0v) is 62.0. The van der Waals surface area contributed by atoms with Gasteiger partial charge in [0.1, 0.15) is 35.0 Å². The lowest BCUT2D eigenvalue weighted by Crippen LogP contribution is -2.50. The largest absolute Gasteiger partial charge is 0.463 e. The maximum atomic E-state index is 12.4. The fourth-order valence-electron chi connectivity index (χ4n) is 8.81. The number of ketones is 2. The summed E-state index contributed by atoms with van der Waals surface area (Å²) in [5, 5.41) is 3.57. The number of carbonyl (C=O) groups excluding carboxylic acids is 10. The number of esters is 6. The smallest absolute Gasteiger partial charge is 0.347 e. The van der Waals surface area contributed by atoms with Gasteiger partial charge >= 0.3 is 35.8 Å². The lowest BCUT2D eigenvalue weighted by Gasteiger charge is -2.36. The average molecular weight is 1310 g/mol. The zero-order valence-electron chi connectivity index (χ0n) is 61.2. The van der Waals surface area contributed by atoms with Crippen LogP contribution < -0.4 is 5.32 Å².